The minimum Gasteiger partial charge on any atom is -0.310 e. The molecule has 0 aromatic heterocycles. The Hall–Kier alpha value is -6.96. The van der Waals surface area contributed by atoms with Gasteiger partial charge in [-0.05, 0) is 114 Å². The molecule has 1 heteroatoms. The van der Waals surface area contributed by atoms with Crippen LogP contribution in [-0.2, 0) is 0 Å². The van der Waals surface area contributed by atoms with Crippen LogP contribution in [0, 0.1) is 0 Å². The summed E-state index contributed by atoms with van der Waals surface area (Å²) in [6.45, 7) is 0. The summed E-state index contributed by atoms with van der Waals surface area (Å²) in [5.74, 6) is 0. The molecule has 0 heterocycles. The Bertz CT molecular complexity index is 2930. The number of benzene rings is 10. The van der Waals surface area contributed by atoms with Crippen LogP contribution >= 0.6 is 0 Å². The van der Waals surface area contributed by atoms with Gasteiger partial charge in [-0.1, -0.05) is 170 Å². The van der Waals surface area contributed by atoms with Crippen molar-refractivity contribution in [3.8, 4) is 33.4 Å². The van der Waals surface area contributed by atoms with Gasteiger partial charge in [0, 0.05) is 16.8 Å². The van der Waals surface area contributed by atoms with Gasteiger partial charge in [0.05, 0.1) is 5.69 Å². The molecule has 0 saturated carbocycles. The van der Waals surface area contributed by atoms with Crippen LogP contribution in [0.15, 0.2) is 212 Å². The Balaban J connectivity index is 1.06. The Morgan fingerprint density at radius 1 is 0.245 bits per heavy atom. The van der Waals surface area contributed by atoms with Crippen LogP contribution in [0.3, 0.4) is 0 Å². The second kappa shape index (κ2) is 13.0. The molecule has 0 radical (unpaired) electrons. The molecule has 1 nitrogen and oxygen atoms in total. The molecular formula is C52H35N. The number of hydrogen-bond donors (Lipinski definition) is 0. The van der Waals surface area contributed by atoms with Crippen molar-refractivity contribution in [2.45, 2.75) is 0 Å². The highest BCUT2D eigenvalue weighted by atomic mass is 15.1. The van der Waals surface area contributed by atoms with Gasteiger partial charge in [0.15, 0.2) is 0 Å². The van der Waals surface area contributed by atoms with Crippen molar-refractivity contribution in [3.63, 3.8) is 0 Å². The number of nitrogens with zero attached hydrogens (tertiary/aromatic N) is 1. The van der Waals surface area contributed by atoms with E-state index in [1.807, 2.05) is 0 Å². The van der Waals surface area contributed by atoms with Crippen molar-refractivity contribution in [3.05, 3.63) is 212 Å². The van der Waals surface area contributed by atoms with Crippen molar-refractivity contribution in [1.82, 2.24) is 0 Å². The van der Waals surface area contributed by atoms with Gasteiger partial charge in [0.1, 0.15) is 0 Å². The molecular weight excluding hydrogens is 639 g/mol. The van der Waals surface area contributed by atoms with Gasteiger partial charge in [-0.15, -0.1) is 0 Å². The Labute approximate surface area is 309 Å². The van der Waals surface area contributed by atoms with Crippen LogP contribution in [0.2, 0.25) is 0 Å². The lowest BCUT2D eigenvalue weighted by Crippen LogP contribution is -2.10. The van der Waals surface area contributed by atoms with E-state index in [4.69, 9.17) is 0 Å². The molecule has 0 bridgehead atoms. The van der Waals surface area contributed by atoms with E-state index < -0.39 is 0 Å². The van der Waals surface area contributed by atoms with Gasteiger partial charge in [-0.25, -0.2) is 0 Å². The first-order valence-corrected chi connectivity index (χ1v) is 18.3. The molecule has 0 N–H and O–H groups in total. The molecule has 10 aromatic carbocycles. The smallest absolute Gasteiger partial charge is 0.0540 e. The van der Waals surface area contributed by atoms with E-state index in [9.17, 15) is 0 Å². The third-order valence-corrected chi connectivity index (χ3v) is 10.6. The molecule has 0 fully saturated rings. The van der Waals surface area contributed by atoms with Gasteiger partial charge in [-0.3, -0.25) is 0 Å². The highest BCUT2D eigenvalue weighted by Crippen LogP contribution is 2.42. The van der Waals surface area contributed by atoms with Gasteiger partial charge >= 0.3 is 0 Å². The molecule has 0 saturated heterocycles. The van der Waals surface area contributed by atoms with Crippen LogP contribution in [0.5, 0.6) is 0 Å². The van der Waals surface area contributed by atoms with Gasteiger partial charge in [-0.2, -0.15) is 0 Å². The maximum Gasteiger partial charge on any atom is 0.0540 e. The predicted molar refractivity (Wildman–Crippen MR) is 227 cm³/mol. The van der Waals surface area contributed by atoms with Crippen LogP contribution in [0.4, 0.5) is 17.1 Å². The molecule has 0 amide bonds. The first-order chi connectivity index (χ1) is 26.3. The molecule has 248 valence electrons. The average molecular weight is 674 g/mol. The molecule has 0 aliphatic rings. The van der Waals surface area contributed by atoms with Gasteiger partial charge < -0.3 is 4.90 Å². The Kier molecular flexibility index (Phi) is 7.55. The molecule has 0 spiro atoms. The summed E-state index contributed by atoms with van der Waals surface area (Å²) in [5, 5.41) is 10.1. The van der Waals surface area contributed by atoms with E-state index in [-0.39, 0.29) is 0 Å². The first-order valence-electron chi connectivity index (χ1n) is 18.3. The second-order valence-electron chi connectivity index (χ2n) is 13.7. The molecule has 0 unspecified atom stereocenters. The highest BCUT2D eigenvalue weighted by molar-refractivity contribution is 6.14. The third-order valence-electron chi connectivity index (χ3n) is 10.6. The standard InChI is InChI=1S/C52H35N/c1-4-19-45-37(12-1)15-10-24-46(45)41-18-9-17-40(34-41)36-26-30-43(31-27-36)53(52-25-11-16-38-13-2-6-21-48(38)52)44-32-28-39(29-33-44)51-35-42-14-3-5-20-47(42)49-22-7-8-23-50(49)51/h1-35H. The zero-order valence-electron chi connectivity index (χ0n) is 29.2. The zero-order valence-corrected chi connectivity index (χ0v) is 29.2. The molecule has 53 heavy (non-hydrogen) atoms. The number of fused-ring (bicyclic) bond motifs is 5. The second-order valence-corrected chi connectivity index (χ2v) is 13.7. The van der Waals surface area contributed by atoms with E-state index in [0.29, 0.717) is 0 Å². The summed E-state index contributed by atoms with van der Waals surface area (Å²) < 4.78 is 0. The molecule has 0 aliphatic carbocycles. The normalized spacial score (nSPS) is 11.4. The van der Waals surface area contributed by atoms with Gasteiger partial charge in [0.25, 0.3) is 0 Å². The summed E-state index contributed by atoms with van der Waals surface area (Å²) in [7, 11) is 0. The molecule has 10 aromatic rings. The minimum absolute atomic E-state index is 1.11. The number of anilines is 3. The lowest BCUT2D eigenvalue weighted by Gasteiger charge is -2.27. The molecule has 10 rings (SSSR count). The third kappa shape index (κ3) is 5.51. The van der Waals surface area contributed by atoms with Crippen molar-refractivity contribution < 1.29 is 0 Å². The van der Waals surface area contributed by atoms with Crippen LogP contribution < -0.4 is 4.90 Å². The maximum atomic E-state index is 2.39. The fourth-order valence-corrected chi connectivity index (χ4v) is 8.06. The van der Waals surface area contributed by atoms with Crippen LogP contribution in [-0.4, -0.2) is 0 Å². The van der Waals surface area contributed by atoms with Crippen molar-refractivity contribution in [2.24, 2.45) is 0 Å². The van der Waals surface area contributed by atoms with E-state index in [1.54, 1.807) is 0 Å². The summed E-state index contributed by atoms with van der Waals surface area (Å²) in [6, 6.07) is 77.2. The van der Waals surface area contributed by atoms with E-state index >= 15 is 0 Å². The zero-order chi connectivity index (χ0) is 35.1. The highest BCUT2D eigenvalue weighted by Gasteiger charge is 2.17. The lowest BCUT2D eigenvalue weighted by molar-refractivity contribution is 1.30. The van der Waals surface area contributed by atoms with E-state index in [1.165, 1.54) is 76.5 Å². The SMILES string of the molecule is c1cc(-c2ccc(N(c3ccc(-c4cc5ccccc5c5ccccc45)cc3)c3cccc4ccccc34)cc2)cc(-c2cccc3ccccc23)c1. The first kappa shape index (κ1) is 30.8. The largest absolute Gasteiger partial charge is 0.310 e. The fraction of sp³-hybridized carbons (Fsp3) is 0. The van der Waals surface area contributed by atoms with Crippen LogP contribution in [0.1, 0.15) is 0 Å². The monoisotopic (exact) mass is 673 g/mol. The maximum absolute atomic E-state index is 2.39. The number of hydrogen-bond acceptors (Lipinski definition) is 1. The van der Waals surface area contributed by atoms with E-state index in [0.717, 1.165) is 17.1 Å². The topological polar surface area (TPSA) is 3.24 Å². The van der Waals surface area contributed by atoms with Crippen molar-refractivity contribution in [2.75, 3.05) is 4.90 Å². The summed E-state index contributed by atoms with van der Waals surface area (Å²) in [5.41, 5.74) is 10.7. The van der Waals surface area contributed by atoms with Crippen LogP contribution in [0.25, 0.3) is 76.5 Å². The van der Waals surface area contributed by atoms with Crippen molar-refractivity contribution >= 4 is 60.2 Å². The molecule has 0 aliphatic heterocycles. The lowest BCUT2D eigenvalue weighted by atomic mass is 9.93. The summed E-state index contributed by atoms with van der Waals surface area (Å²) >= 11 is 0. The number of rotatable bonds is 6. The Morgan fingerprint density at radius 2 is 0.755 bits per heavy atom. The minimum atomic E-state index is 1.11. The summed E-state index contributed by atoms with van der Waals surface area (Å²) in [6.07, 6.45) is 0. The Morgan fingerprint density at radius 3 is 1.49 bits per heavy atom. The van der Waals surface area contributed by atoms with Gasteiger partial charge in [0.2, 0.25) is 0 Å². The van der Waals surface area contributed by atoms with E-state index in [2.05, 4.69) is 217 Å². The average Bonchev–Trinajstić information content (AvgIpc) is 3.24. The molecule has 0 atom stereocenters. The predicted octanol–water partition coefficient (Wildman–Crippen LogP) is 14.8. The van der Waals surface area contributed by atoms with Crippen molar-refractivity contribution in [1.29, 1.82) is 0 Å². The fourth-order valence-electron chi connectivity index (χ4n) is 8.06. The summed E-state index contributed by atoms with van der Waals surface area (Å²) in [4.78, 5) is 2.39. The quantitative estimate of drug-likeness (QED) is 0.159.